The third-order valence-electron chi connectivity index (χ3n) is 3.89. The molecule has 1 heterocycles. The van der Waals surface area contributed by atoms with Gasteiger partial charge < -0.3 is 0 Å². The van der Waals surface area contributed by atoms with Crippen LogP contribution in [-0.2, 0) is 0 Å². The first-order valence-corrected chi connectivity index (χ1v) is 6.74. The molecule has 0 amide bonds. The lowest BCUT2D eigenvalue weighted by Gasteiger charge is -2.20. The molecule has 0 aliphatic heterocycles. The summed E-state index contributed by atoms with van der Waals surface area (Å²) in [7, 11) is 0. The molecule has 0 atom stereocenters. The summed E-state index contributed by atoms with van der Waals surface area (Å²) in [5, 5.41) is 0.996. The molecule has 1 saturated carbocycles. The van der Waals surface area contributed by atoms with Crippen LogP contribution in [0, 0.1) is 5.92 Å². The Morgan fingerprint density at radius 3 is 2.67 bits per heavy atom. The quantitative estimate of drug-likeness (QED) is 0.741. The van der Waals surface area contributed by atoms with Crippen LogP contribution in [0.5, 0.6) is 0 Å². The molecule has 92 valence electrons. The highest BCUT2D eigenvalue weighted by atomic mass is 16.1. The number of ketones is 1. The summed E-state index contributed by atoms with van der Waals surface area (Å²) < 4.78 is 0. The van der Waals surface area contributed by atoms with Crippen LogP contribution < -0.4 is 0 Å². The SMILES string of the molecule is O=C(c1ccnc2ccccc12)C1CCCCC1. The molecule has 0 spiro atoms. The maximum absolute atomic E-state index is 12.6. The van der Waals surface area contributed by atoms with Gasteiger partial charge in [0.05, 0.1) is 5.52 Å². The molecule has 1 aliphatic rings. The fourth-order valence-electron chi connectivity index (χ4n) is 2.90. The largest absolute Gasteiger partial charge is 0.294 e. The maximum Gasteiger partial charge on any atom is 0.166 e. The first kappa shape index (κ1) is 11.4. The van der Waals surface area contributed by atoms with Crippen LogP contribution in [-0.4, -0.2) is 10.8 Å². The monoisotopic (exact) mass is 239 g/mol. The van der Waals surface area contributed by atoms with Gasteiger partial charge in [0.15, 0.2) is 5.78 Å². The zero-order chi connectivity index (χ0) is 12.4. The van der Waals surface area contributed by atoms with Gasteiger partial charge >= 0.3 is 0 Å². The molecule has 0 radical (unpaired) electrons. The van der Waals surface area contributed by atoms with Crippen molar-refractivity contribution in [1.82, 2.24) is 4.98 Å². The zero-order valence-electron chi connectivity index (χ0n) is 10.4. The van der Waals surface area contributed by atoms with Gasteiger partial charge in [0.1, 0.15) is 0 Å². The van der Waals surface area contributed by atoms with Crippen LogP contribution in [0.3, 0.4) is 0 Å². The molecule has 1 aromatic carbocycles. The Morgan fingerprint density at radius 1 is 1.06 bits per heavy atom. The lowest BCUT2D eigenvalue weighted by molar-refractivity contribution is 0.0891. The van der Waals surface area contributed by atoms with E-state index in [2.05, 4.69) is 4.98 Å². The smallest absolute Gasteiger partial charge is 0.166 e. The number of benzene rings is 1. The second kappa shape index (κ2) is 4.89. The molecular formula is C16H17NO. The summed E-state index contributed by atoms with van der Waals surface area (Å²) in [4.78, 5) is 16.9. The molecule has 1 fully saturated rings. The summed E-state index contributed by atoms with van der Waals surface area (Å²) >= 11 is 0. The highest BCUT2D eigenvalue weighted by Crippen LogP contribution is 2.29. The average molecular weight is 239 g/mol. The molecule has 1 aliphatic carbocycles. The Balaban J connectivity index is 2.00. The Morgan fingerprint density at radius 2 is 1.83 bits per heavy atom. The standard InChI is InChI=1S/C16H17NO/c18-16(12-6-2-1-3-7-12)14-10-11-17-15-9-5-4-8-13(14)15/h4-5,8-12H,1-3,6-7H2. The summed E-state index contributed by atoms with van der Waals surface area (Å²) in [5.74, 6) is 0.540. The van der Waals surface area contributed by atoms with Crippen LogP contribution in [0.15, 0.2) is 36.5 Å². The van der Waals surface area contributed by atoms with Crippen LogP contribution >= 0.6 is 0 Å². The van der Waals surface area contributed by atoms with Crippen molar-refractivity contribution in [2.75, 3.05) is 0 Å². The molecule has 0 saturated heterocycles. The number of para-hydroxylation sites is 1. The van der Waals surface area contributed by atoms with E-state index in [1.807, 2.05) is 30.3 Å². The Kier molecular flexibility index (Phi) is 3.09. The number of nitrogens with zero attached hydrogens (tertiary/aromatic N) is 1. The minimum absolute atomic E-state index is 0.226. The van der Waals surface area contributed by atoms with Gasteiger partial charge in [-0.25, -0.2) is 0 Å². The van der Waals surface area contributed by atoms with Crippen molar-refractivity contribution in [3.8, 4) is 0 Å². The molecule has 1 aromatic heterocycles. The lowest BCUT2D eigenvalue weighted by Crippen LogP contribution is -2.18. The van der Waals surface area contributed by atoms with Gasteiger partial charge in [-0.3, -0.25) is 9.78 Å². The predicted molar refractivity (Wildman–Crippen MR) is 72.6 cm³/mol. The number of rotatable bonds is 2. The van der Waals surface area contributed by atoms with Gasteiger partial charge in [-0.2, -0.15) is 0 Å². The van der Waals surface area contributed by atoms with Crippen LogP contribution in [0.4, 0.5) is 0 Å². The fraction of sp³-hybridized carbons (Fsp3) is 0.375. The van der Waals surface area contributed by atoms with E-state index in [0.29, 0.717) is 5.78 Å². The third-order valence-corrected chi connectivity index (χ3v) is 3.89. The van der Waals surface area contributed by atoms with E-state index in [9.17, 15) is 4.79 Å². The van der Waals surface area contributed by atoms with Crippen molar-refractivity contribution >= 4 is 16.7 Å². The van der Waals surface area contributed by atoms with E-state index in [0.717, 1.165) is 29.3 Å². The van der Waals surface area contributed by atoms with Gasteiger partial charge in [0.2, 0.25) is 0 Å². The van der Waals surface area contributed by atoms with E-state index in [1.54, 1.807) is 6.20 Å². The molecule has 0 N–H and O–H groups in total. The number of hydrogen-bond donors (Lipinski definition) is 0. The van der Waals surface area contributed by atoms with Gasteiger partial charge in [-0.1, -0.05) is 37.5 Å². The first-order chi connectivity index (χ1) is 8.86. The lowest BCUT2D eigenvalue weighted by atomic mass is 9.83. The molecule has 2 nitrogen and oxygen atoms in total. The third kappa shape index (κ3) is 2.03. The second-order valence-corrected chi connectivity index (χ2v) is 5.07. The Hall–Kier alpha value is -1.70. The van der Waals surface area contributed by atoms with E-state index < -0.39 is 0 Å². The Bertz CT molecular complexity index is 565. The van der Waals surface area contributed by atoms with Crippen molar-refractivity contribution in [3.05, 3.63) is 42.1 Å². The van der Waals surface area contributed by atoms with Crippen LogP contribution in [0.2, 0.25) is 0 Å². The van der Waals surface area contributed by atoms with E-state index >= 15 is 0 Å². The summed E-state index contributed by atoms with van der Waals surface area (Å²) in [6.45, 7) is 0. The highest BCUT2D eigenvalue weighted by molar-refractivity contribution is 6.08. The molecule has 2 aromatic rings. The minimum atomic E-state index is 0.226. The number of hydrogen-bond acceptors (Lipinski definition) is 2. The van der Waals surface area contributed by atoms with Crippen molar-refractivity contribution in [2.45, 2.75) is 32.1 Å². The summed E-state index contributed by atoms with van der Waals surface area (Å²) in [6.07, 6.45) is 7.52. The van der Waals surface area contributed by atoms with Crippen molar-refractivity contribution in [1.29, 1.82) is 0 Å². The number of aromatic nitrogens is 1. The topological polar surface area (TPSA) is 30.0 Å². The molecule has 18 heavy (non-hydrogen) atoms. The van der Waals surface area contributed by atoms with E-state index in [4.69, 9.17) is 0 Å². The van der Waals surface area contributed by atoms with Crippen molar-refractivity contribution in [2.24, 2.45) is 5.92 Å². The van der Waals surface area contributed by atoms with Gasteiger partial charge in [-0.05, 0) is 25.0 Å². The van der Waals surface area contributed by atoms with Gasteiger partial charge in [-0.15, -0.1) is 0 Å². The normalized spacial score (nSPS) is 16.9. The number of carbonyl (C=O) groups is 1. The number of fused-ring (bicyclic) bond motifs is 1. The molecule has 0 unspecified atom stereocenters. The molecular weight excluding hydrogens is 222 g/mol. The summed E-state index contributed by atoms with van der Waals surface area (Å²) in [6, 6.07) is 9.77. The maximum atomic E-state index is 12.6. The van der Waals surface area contributed by atoms with Crippen molar-refractivity contribution < 1.29 is 4.79 Å². The molecule has 2 heteroatoms. The van der Waals surface area contributed by atoms with Gasteiger partial charge in [0.25, 0.3) is 0 Å². The summed E-state index contributed by atoms with van der Waals surface area (Å²) in [5.41, 5.74) is 1.77. The first-order valence-electron chi connectivity index (χ1n) is 6.74. The van der Waals surface area contributed by atoms with Gasteiger partial charge in [0, 0.05) is 23.1 Å². The van der Waals surface area contributed by atoms with E-state index in [-0.39, 0.29) is 5.92 Å². The molecule has 3 rings (SSSR count). The van der Waals surface area contributed by atoms with Crippen LogP contribution in [0.25, 0.3) is 10.9 Å². The van der Waals surface area contributed by atoms with E-state index in [1.165, 1.54) is 19.3 Å². The highest BCUT2D eigenvalue weighted by Gasteiger charge is 2.23. The predicted octanol–water partition coefficient (Wildman–Crippen LogP) is 4.00. The minimum Gasteiger partial charge on any atom is -0.294 e. The van der Waals surface area contributed by atoms with Crippen LogP contribution in [0.1, 0.15) is 42.5 Å². The second-order valence-electron chi connectivity index (χ2n) is 5.07. The number of carbonyl (C=O) groups excluding carboxylic acids is 1. The van der Waals surface area contributed by atoms with Crippen molar-refractivity contribution in [3.63, 3.8) is 0 Å². The fourth-order valence-corrected chi connectivity index (χ4v) is 2.90. The number of Topliss-reactive ketones (excluding diaryl/α,β-unsaturated/α-hetero) is 1. The average Bonchev–Trinajstić information content (AvgIpc) is 2.47. The molecule has 0 bridgehead atoms. The Labute approximate surface area is 107 Å². The zero-order valence-corrected chi connectivity index (χ0v) is 10.4. The number of pyridine rings is 1.